The summed E-state index contributed by atoms with van der Waals surface area (Å²) in [4.78, 5) is 23.4. The molecule has 132 valence electrons. The van der Waals surface area contributed by atoms with Crippen molar-refractivity contribution in [3.63, 3.8) is 0 Å². The number of benzene rings is 2. The van der Waals surface area contributed by atoms with Crippen molar-refractivity contribution in [1.82, 2.24) is 0 Å². The van der Waals surface area contributed by atoms with E-state index in [9.17, 15) is 14.0 Å². The van der Waals surface area contributed by atoms with Gasteiger partial charge in [0.15, 0.2) is 13.2 Å². The van der Waals surface area contributed by atoms with E-state index < -0.39 is 24.3 Å². The van der Waals surface area contributed by atoms with Gasteiger partial charge in [0.05, 0.1) is 5.69 Å². The van der Waals surface area contributed by atoms with Crippen LogP contribution in [0.2, 0.25) is 0 Å². The number of anilines is 1. The van der Waals surface area contributed by atoms with Gasteiger partial charge in [0, 0.05) is 0 Å². The second kappa shape index (κ2) is 8.82. The van der Waals surface area contributed by atoms with E-state index in [0.717, 1.165) is 5.56 Å². The lowest BCUT2D eigenvalue weighted by atomic mass is 10.0. The third kappa shape index (κ3) is 5.60. The van der Waals surface area contributed by atoms with Gasteiger partial charge in [-0.15, -0.1) is 0 Å². The average molecular weight is 345 g/mol. The van der Waals surface area contributed by atoms with Crippen molar-refractivity contribution in [3.8, 4) is 5.75 Å². The van der Waals surface area contributed by atoms with Gasteiger partial charge < -0.3 is 14.8 Å². The van der Waals surface area contributed by atoms with Gasteiger partial charge in [-0.1, -0.05) is 44.2 Å². The van der Waals surface area contributed by atoms with Crippen LogP contribution in [0.1, 0.15) is 25.3 Å². The number of halogens is 1. The van der Waals surface area contributed by atoms with E-state index in [1.807, 2.05) is 32.0 Å². The quantitative estimate of drug-likeness (QED) is 0.780. The maximum absolute atomic E-state index is 13.4. The fourth-order valence-corrected chi connectivity index (χ4v) is 2.16. The maximum Gasteiger partial charge on any atom is 0.344 e. The van der Waals surface area contributed by atoms with Gasteiger partial charge in [-0.05, 0) is 29.7 Å². The largest absolute Gasteiger partial charge is 0.482 e. The minimum atomic E-state index is -0.678. The number of hydrogen-bond acceptors (Lipinski definition) is 4. The number of nitrogens with one attached hydrogen (secondary N) is 1. The molecule has 0 aliphatic carbocycles. The number of esters is 1. The van der Waals surface area contributed by atoms with Crippen molar-refractivity contribution in [2.45, 2.75) is 19.8 Å². The first-order valence-corrected chi connectivity index (χ1v) is 7.89. The standard InChI is InChI=1S/C19H20FNO4/c1-13(2)14-7-3-6-10-17(14)24-12-19(23)25-11-18(22)21-16-9-5-4-8-15(16)20/h3-10,13H,11-12H2,1-2H3,(H,21,22). The Morgan fingerprint density at radius 3 is 2.44 bits per heavy atom. The van der Waals surface area contributed by atoms with Crippen LogP contribution >= 0.6 is 0 Å². The molecule has 0 unspecified atom stereocenters. The molecule has 0 aliphatic rings. The van der Waals surface area contributed by atoms with E-state index in [2.05, 4.69) is 5.32 Å². The maximum atomic E-state index is 13.4. The molecule has 6 heteroatoms. The molecule has 0 heterocycles. The molecule has 2 rings (SSSR count). The monoisotopic (exact) mass is 345 g/mol. The van der Waals surface area contributed by atoms with Gasteiger partial charge in [-0.2, -0.15) is 0 Å². The van der Waals surface area contributed by atoms with Crippen LogP contribution in [0.5, 0.6) is 5.75 Å². The van der Waals surface area contributed by atoms with Gasteiger partial charge in [0.1, 0.15) is 11.6 Å². The van der Waals surface area contributed by atoms with Crippen molar-refractivity contribution in [2.75, 3.05) is 18.5 Å². The number of amides is 1. The zero-order valence-electron chi connectivity index (χ0n) is 14.1. The summed E-state index contributed by atoms with van der Waals surface area (Å²) >= 11 is 0. The predicted octanol–water partition coefficient (Wildman–Crippen LogP) is 3.51. The summed E-state index contributed by atoms with van der Waals surface area (Å²) < 4.78 is 23.7. The number of carbonyl (C=O) groups excluding carboxylic acids is 2. The lowest BCUT2D eigenvalue weighted by molar-refractivity contribution is -0.149. The van der Waals surface area contributed by atoms with Gasteiger partial charge >= 0.3 is 5.97 Å². The molecule has 0 aromatic heterocycles. The molecule has 0 saturated carbocycles. The zero-order chi connectivity index (χ0) is 18.2. The minimum absolute atomic E-state index is 0.0330. The van der Waals surface area contributed by atoms with Crippen LogP contribution in [0.4, 0.5) is 10.1 Å². The molecule has 0 bridgehead atoms. The summed E-state index contributed by atoms with van der Waals surface area (Å²) in [5.74, 6) is -1.01. The van der Waals surface area contributed by atoms with Crippen LogP contribution in [0.15, 0.2) is 48.5 Å². The molecule has 0 radical (unpaired) electrons. The Labute approximate surface area is 145 Å². The van der Waals surface area contributed by atoms with Crippen LogP contribution in [0.25, 0.3) is 0 Å². The van der Waals surface area contributed by atoms with Gasteiger partial charge in [-0.25, -0.2) is 9.18 Å². The van der Waals surface area contributed by atoms with Crippen LogP contribution in [0.3, 0.4) is 0 Å². The molecule has 0 atom stereocenters. The Morgan fingerprint density at radius 2 is 1.72 bits per heavy atom. The highest BCUT2D eigenvalue weighted by Crippen LogP contribution is 2.25. The number of carbonyl (C=O) groups is 2. The summed E-state index contributed by atoms with van der Waals surface area (Å²) in [5, 5.41) is 2.33. The summed E-state index contributed by atoms with van der Waals surface area (Å²) in [6.07, 6.45) is 0. The van der Waals surface area contributed by atoms with Gasteiger partial charge in [0.25, 0.3) is 5.91 Å². The van der Waals surface area contributed by atoms with E-state index in [1.54, 1.807) is 12.1 Å². The first-order valence-electron chi connectivity index (χ1n) is 7.89. The lowest BCUT2D eigenvalue weighted by Gasteiger charge is -2.13. The minimum Gasteiger partial charge on any atom is -0.482 e. The normalized spacial score (nSPS) is 10.4. The van der Waals surface area contributed by atoms with Crippen LogP contribution < -0.4 is 10.1 Å². The summed E-state index contributed by atoms with van der Waals surface area (Å²) in [5.41, 5.74) is 1.01. The molecule has 0 fully saturated rings. The SMILES string of the molecule is CC(C)c1ccccc1OCC(=O)OCC(=O)Nc1ccccc1F. The highest BCUT2D eigenvalue weighted by Gasteiger charge is 2.12. The Kier molecular flexibility index (Phi) is 6.51. The summed E-state index contributed by atoms with van der Waals surface area (Å²) in [7, 11) is 0. The molecule has 0 aliphatic heterocycles. The van der Waals surface area contributed by atoms with E-state index in [4.69, 9.17) is 9.47 Å². The molecule has 0 saturated heterocycles. The summed E-state index contributed by atoms with van der Waals surface area (Å²) in [6.45, 7) is 3.22. The number of hydrogen-bond donors (Lipinski definition) is 1. The number of ether oxygens (including phenoxy) is 2. The van der Waals surface area contributed by atoms with Crippen molar-refractivity contribution in [1.29, 1.82) is 0 Å². The van der Waals surface area contributed by atoms with E-state index in [1.165, 1.54) is 18.2 Å². The van der Waals surface area contributed by atoms with E-state index in [-0.39, 0.29) is 18.2 Å². The molecule has 5 nitrogen and oxygen atoms in total. The highest BCUT2D eigenvalue weighted by atomic mass is 19.1. The Hall–Kier alpha value is -2.89. The van der Waals surface area contributed by atoms with Crippen molar-refractivity contribution < 1.29 is 23.5 Å². The molecule has 1 N–H and O–H groups in total. The third-order valence-electron chi connectivity index (χ3n) is 3.40. The Balaban J connectivity index is 1.79. The van der Waals surface area contributed by atoms with Crippen LogP contribution in [-0.4, -0.2) is 25.1 Å². The van der Waals surface area contributed by atoms with Gasteiger partial charge in [-0.3, -0.25) is 4.79 Å². The Bertz CT molecular complexity index is 746. The lowest BCUT2D eigenvalue weighted by Crippen LogP contribution is -2.24. The molecular weight excluding hydrogens is 325 g/mol. The second-order valence-electron chi connectivity index (χ2n) is 5.67. The number of para-hydroxylation sites is 2. The van der Waals surface area contributed by atoms with Crippen molar-refractivity contribution in [2.24, 2.45) is 0 Å². The molecule has 25 heavy (non-hydrogen) atoms. The van der Waals surface area contributed by atoms with Crippen molar-refractivity contribution >= 4 is 17.6 Å². The van der Waals surface area contributed by atoms with Gasteiger partial charge in [0.2, 0.25) is 0 Å². The first kappa shape index (κ1) is 18.4. The smallest absolute Gasteiger partial charge is 0.344 e. The topological polar surface area (TPSA) is 64.6 Å². The molecule has 1 amide bonds. The highest BCUT2D eigenvalue weighted by molar-refractivity contribution is 5.92. The third-order valence-corrected chi connectivity index (χ3v) is 3.40. The van der Waals surface area contributed by atoms with Crippen molar-refractivity contribution in [3.05, 3.63) is 59.9 Å². The number of rotatable bonds is 7. The molecular formula is C19H20FNO4. The fraction of sp³-hybridized carbons (Fsp3) is 0.263. The van der Waals surface area contributed by atoms with Crippen LogP contribution in [0, 0.1) is 5.82 Å². The second-order valence-corrected chi connectivity index (χ2v) is 5.67. The first-order chi connectivity index (χ1) is 12.0. The average Bonchev–Trinajstić information content (AvgIpc) is 2.60. The van der Waals surface area contributed by atoms with E-state index in [0.29, 0.717) is 5.75 Å². The molecule has 2 aromatic carbocycles. The summed E-state index contributed by atoms with van der Waals surface area (Å²) in [6, 6.07) is 13.1. The fourth-order valence-electron chi connectivity index (χ4n) is 2.16. The molecule has 2 aromatic rings. The predicted molar refractivity (Wildman–Crippen MR) is 92.0 cm³/mol. The zero-order valence-corrected chi connectivity index (χ0v) is 14.1. The van der Waals surface area contributed by atoms with E-state index >= 15 is 0 Å². The molecule has 0 spiro atoms. The Morgan fingerprint density at radius 1 is 1.04 bits per heavy atom. The van der Waals surface area contributed by atoms with Crippen LogP contribution in [-0.2, 0) is 14.3 Å².